The zero-order valence-corrected chi connectivity index (χ0v) is 14.4. The molecule has 0 bridgehead atoms. The maximum absolute atomic E-state index is 12.3. The summed E-state index contributed by atoms with van der Waals surface area (Å²) in [4.78, 5) is 11.9. The average molecular weight is 351 g/mol. The molecule has 1 amide bonds. The molecule has 0 unspecified atom stereocenters. The topological polar surface area (TPSA) is 78.8 Å². The summed E-state index contributed by atoms with van der Waals surface area (Å²) in [5.41, 5.74) is 4.15. The summed E-state index contributed by atoms with van der Waals surface area (Å²) in [5, 5.41) is 7.57. The Morgan fingerprint density at radius 2 is 2.00 bits per heavy atom. The molecule has 1 aromatic carbocycles. The van der Waals surface area contributed by atoms with E-state index in [0.29, 0.717) is 0 Å². The van der Waals surface area contributed by atoms with Gasteiger partial charge >= 0.3 is 0 Å². The number of benzene rings is 1. The maximum Gasteiger partial charge on any atom is 0.255 e. The van der Waals surface area contributed by atoms with Crippen LogP contribution in [0.5, 0.6) is 0 Å². The van der Waals surface area contributed by atoms with E-state index in [4.69, 9.17) is 0 Å². The quantitative estimate of drug-likeness (QED) is 0.637. The lowest BCUT2D eigenvalue weighted by atomic mass is 10.2. The number of hydrazone groups is 1. The van der Waals surface area contributed by atoms with Crippen LogP contribution in [0.15, 0.2) is 51.1 Å². The second-order valence-corrected chi connectivity index (χ2v) is 7.75. The van der Waals surface area contributed by atoms with Crippen LogP contribution in [0.2, 0.25) is 0 Å². The van der Waals surface area contributed by atoms with Crippen LogP contribution in [0.4, 0.5) is 0 Å². The molecule has 23 heavy (non-hydrogen) atoms. The second kappa shape index (κ2) is 7.49. The van der Waals surface area contributed by atoms with Gasteiger partial charge in [-0.25, -0.2) is 13.8 Å². The van der Waals surface area contributed by atoms with E-state index in [0.717, 1.165) is 15.4 Å². The number of hydrogen-bond donors (Lipinski definition) is 1. The molecule has 0 fully saturated rings. The first kappa shape index (κ1) is 17.3. The number of nitrogens with zero attached hydrogens (tertiary/aromatic N) is 2. The average Bonchev–Trinajstić information content (AvgIpc) is 3.01. The van der Waals surface area contributed by atoms with Crippen molar-refractivity contribution >= 4 is 33.5 Å². The lowest BCUT2D eigenvalue weighted by molar-refractivity contribution is -0.121. The molecule has 0 saturated heterocycles. The fourth-order valence-corrected chi connectivity index (χ4v) is 3.48. The predicted octanol–water partition coefficient (Wildman–Crippen LogP) is 1.83. The van der Waals surface area contributed by atoms with E-state index in [1.807, 2.05) is 23.8 Å². The van der Waals surface area contributed by atoms with Crippen LogP contribution in [0, 0.1) is 6.92 Å². The third-order valence-corrected chi connectivity index (χ3v) is 5.56. The minimum atomic E-state index is -3.70. The van der Waals surface area contributed by atoms with E-state index in [1.54, 1.807) is 12.1 Å². The van der Waals surface area contributed by atoms with Crippen LogP contribution in [0.3, 0.4) is 0 Å². The Hall–Kier alpha value is -2.03. The molecule has 1 heterocycles. The van der Waals surface area contributed by atoms with Crippen LogP contribution in [0.1, 0.15) is 11.1 Å². The van der Waals surface area contributed by atoms with Crippen molar-refractivity contribution in [2.24, 2.45) is 5.10 Å². The van der Waals surface area contributed by atoms with E-state index in [1.165, 1.54) is 36.7 Å². The summed E-state index contributed by atoms with van der Waals surface area (Å²) in [6.45, 7) is 1.57. The van der Waals surface area contributed by atoms with Gasteiger partial charge in [0.2, 0.25) is 10.0 Å². The fraction of sp³-hybridized carbons (Fsp3) is 0.200. The van der Waals surface area contributed by atoms with E-state index in [-0.39, 0.29) is 11.4 Å². The zero-order valence-electron chi connectivity index (χ0n) is 12.8. The van der Waals surface area contributed by atoms with E-state index in [2.05, 4.69) is 10.5 Å². The summed E-state index contributed by atoms with van der Waals surface area (Å²) >= 11 is 1.52. The van der Waals surface area contributed by atoms with Crippen LogP contribution < -0.4 is 5.43 Å². The molecular weight excluding hydrogens is 334 g/mol. The van der Waals surface area contributed by atoms with Crippen LogP contribution in [-0.2, 0) is 14.8 Å². The standard InChI is InChI=1S/C15H17N3O3S2/c1-12-3-5-14(6-4-12)23(20,21)18(2)10-15(19)17-16-9-13-7-8-22-11-13/h3-9,11H,10H2,1-2H3,(H,17,19)/b16-9-. The number of thiophene rings is 1. The predicted molar refractivity (Wildman–Crippen MR) is 91.1 cm³/mol. The summed E-state index contributed by atoms with van der Waals surface area (Å²) < 4.78 is 25.7. The highest BCUT2D eigenvalue weighted by Crippen LogP contribution is 2.14. The number of carbonyl (C=O) groups is 1. The number of sulfonamides is 1. The molecule has 0 radical (unpaired) electrons. The van der Waals surface area contributed by atoms with Crippen LogP contribution >= 0.6 is 11.3 Å². The van der Waals surface area contributed by atoms with Gasteiger partial charge < -0.3 is 0 Å². The highest BCUT2D eigenvalue weighted by molar-refractivity contribution is 7.89. The largest absolute Gasteiger partial charge is 0.272 e. The molecule has 8 heteroatoms. The Balaban J connectivity index is 1.96. The summed E-state index contributed by atoms with van der Waals surface area (Å²) in [6.07, 6.45) is 1.50. The first-order chi connectivity index (χ1) is 10.9. The third-order valence-electron chi connectivity index (χ3n) is 3.04. The molecule has 122 valence electrons. The molecule has 2 rings (SSSR count). The number of nitrogens with one attached hydrogen (secondary N) is 1. The number of carbonyl (C=O) groups excluding carboxylic acids is 1. The normalized spacial score (nSPS) is 12.0. The Bertz CT molecular complexity index is 782. The number of hydrogen-bond acceptors (Lipinski definition) is 5. The van der Waals surface area contributed by atoms with Gasteiger partial charge in [-0.1, -0.05) is 17.7 Å². The van der Waals surface area contributed by atoms with Gasteiger partial charge in [-0.2, -0.15) is 20.7 Å². The lowest BCUT2D eigenvalue weighted by Gasteiger charge is -2.16. The number of aryl methyl sites for hydroxylation is 1. The Labute approximate surface area is 139 Å². The zero-order chi connectivity index (χ0) is 16.9. The molecule has 0 spiro atoms. The Morgan fingerprint density at radius 3 is 2.61 bits per heavy atom. The highest BCUT2D eigenvalue weighted by atomic mass is 32.2. The van der Waals surface area contributed by atoms with Gasteiger partial charge in [0.05, 0.1) is 17.7 Å². The van der Waals surface area contributed by atoms with Crippen LogP contribution in [-0.4, -0.2) is 38.4 Å². The third kappa shape index (κ3) is 4.72. The molecule has 1 N–H and O–H groups in total. The number of rotatable bonds is 6. The van der Waals surface area contributed by atoms with E-state index < -0.39 is 15.9 Å². The van der Waals surface area contributed by atoms with Crippen molar-refractivity contribution < 1.29 is 13.2 Å². The molecular formula is C15H17N3O3S2. The number of amides is 1. The smallest absolute Gasteiger partial charge is 0.255 e. The van der Waals surface area contributed by atoms with E-state index in [9.17, 15) is 13.2 Å². The fourth-order valence-electron chi connectivity index (χ4n) is 1.74. The highest BCUT2D eigenvalue weighted by Gasteiger charge is 2.22. The lowest BCUT2D eigenvalue weighted by Crippen LogP contribution is -2.36. The molecule has 0 saturated carbocycles. The van der Waals surface area contributed by atoms with Gasteiger partial charge in [-0.3, -0.25) is 4.79 Å². The van der Waals surface area contributed by atoms with E-state index >= 15 is 0 Å². The summed E-state index contributed by atoms with van der Waals surface area (Å²) in [7, 11) is -2.34. The minimum Gasteiger partial charge on any atom is -0.272 e. The van der Waals surface area contributed by atoms with Crippen molar-refractivity contribution in [3.8, 4) is 0 Å². The van der Waals surface area contributed by atoms with Gasteiger partial charge in [-0.05, 0) is 35.9 Å². The molecule has 2 aromatic rings. The molecule has 6 nitrogen and oxygen atoms in total. The van der Waals surface area contributed by atoms with Gasteiger partial charge in [-0.15, -0.1) is 0 Å². The SMILES string of the molecule is Cc1ccc(S(=O)(=O)N(C)CC(=O)N/N=C\c2ccsc2)cc1. The van der Waals surface area contributed by atoms with Crippen molar-refractivity contribution in [2.75, 3.05) is 13.6 Å². The molecule has 0 atom stereocenters. The van der Waals surface area contributed by atoms with Gasteiger partial charge in [0, 0.05) is 12.6 Å². The molecule has 1 aromatic heterocycles. The first-order valence-corrected chi connectivity index (χ1v) is 9.15. The van der Waals surface area contributed by atoms with Crippen molar-refractivity contribution in [1.82, 2.24) is 9.73 Å². The van der Waals surface area contributed by atoms with Gasteiger partial charge in [0.25, 0.3) is 5.91 Å². The van der Waals surface area contributed by atoms with Gasteiger partial charge in [0.15, 0.2) is 0 Å². The Kier molecular flexibility index (Phi) is 5.64. The monoisotopic (exact) mass is 351 g/mol. The molecule has 0 aliphatic heterocycles. The van der Waals surface area contributed by atoms with Crippen molar-refractivity contribution in [2.45, 2.75) is 11.8 Å². The van der Waals surface area contributed by atoms with Crippen molar-refractivity contribution in [1.29, 1.82) is 0 Å². The molecule has 0 aliphatic carbocycles. The minimum absolute atomic E-state index is 0.153. The van der Waals surface area contributed by atoms with Crippen LogP contribution in [0.25, 0.3) is 0 Å². The maximum atomic E-state index is 12.3. The second-order valence-electron chi connectivity index (χ2n) is 4.92. The first-order valence-electron chi connectivity index (χ1n) is 6.77. The number of likely N-dealkylation sites (N-methyl/N-ethyl adjacent to an activating group) is 1. The van der Waals surface area contributed by atoms with Crippen molar-refractivity contribution in [3.05, 3.63) is 52.2 Å². The summed E-state index contributed by atoms with van der Waals surface area (Å²) in [5.74, 6) is -0.505. The summed E-state index contributed by atoms with van der Waals surface area (Å²) in [6, 6.07) is 8.33. The Morgan fingerprint density at radius 1 is 1.30 bits per heavy atom. The molecule has 0 aliphatic rings. The van der Waals surface area contributed by atoms with Gasteiger partial charge in [0.1, 0.15) is 0 Å². The van der Waals surface area contributed by atoms with Crippen molar-refractivity contribution in [3.63, 3.8) is 0 Å².